The van der Waals surface area contributed by atoms with Gasteiger partial charge in [0.15, 0.2) is 0 Å². The Balaban J connectivity index is 2.85. The molecule has 0 aromatic carbocycles. The van der Waals surface area contributed by atoms with Crippen molar-refractivity contribution in [2.24, 2.45) is 0 Å². The van der Waals surface area contributed by atoms with Crippen molar-refractivity contribution in [2.45, 2.75) is 25.7 Å². The number of aliphatic hydroxyl groups excluding tert-OH is 2. The van der Waals surface area contributed by atoms with E-state index in [9.17, 15) is 0 Å². The number of rotatable bonds is 0. The van der Waals surface area contributed by atoms with Gasteiger partial charge in [0.1, 0.15) is 13.2 Å². The van der Waals surface area contributed by atoms with E-state index in [2.05, 4.69) is 23.7 Å². The molecule has 74 valence electrons. The van der Waals surface area contributed by atoms with Crippen molar-refractivity contribution in [2.75, 3.05) is 13.2 Å². The van der Waals surface area contributed by atoms with E-state index < -0.39 is 0 Å². The standard InChI is InChI=1S/C12H14O2/c13-9-3-7-11-5-1-2-6-12(11)8-4-10-14/h13-14H,1-2,5-6,9-10H2. The lowest BCUT2D eigenvalue weighted by atomic mass is 9.92. The summed E-state index contributed by atoms with van der Waals surface area (Å²) in [7, 11) is 0. The van der Waals surface area contributed by atoms with Crippen LogP contribution in [0.4, 0.5) is 0 Å². The zero-order valence-electron chi connectivity index (χ0n) is 8.14. The van der Waals surface area contributed by atoms with Crippen molar-refractivity contribution in [1.29, 1.82) is 0 Å². The van der Waals surface area contributed by atoms with Crippen molar-refractivity contribution in [3.63, 3.8) is 0 Å². The zero-order chi connectivity index (χ0) is 10.2. The van der Waals surface area contributed by atoms with E-state index in [0.717, 1.165) is 36.8 Å². The van der Waals surface area contributed by atoms with Crippen LogP contribution in [-0.4, -0.2) is 23.4 Å². The van der Waals surface area contributed by atoms with Crippen molar-refractivity contribution >= 4 is 0 Å². The first kappa shape index (κ1) is 10.9. The highest BCUT2D eigenvalue weighted by molar-refractivity contribution is 5.44. The quantitative estimate of drug-likeness (QED) is 0.556. The van der Waals surface area contributed by atoms with Gasteiger partial charge in [0.2, 0.25) is 0 Å². The highest BCUT2D eigenvalue weighted by Crippen LogP contribution is 2.23. The summed E-state index contributed by atoms with van der Waals surface area (Å²) in [5.74, 6) is 11.1. The first-order chi connectivity index (χ1) is 6.88. The van der Waals surface area contributed by atoms with Crippen molar-refractivity contribution in [3.05, 3.63) is 11.1 Å². The molecule has 0 unspecified atom stereocenters. The number of hydrogen-bond acceptors (Lipinski definition) is 2. The average Bonchev–Trinajstić information content (AvgIpc) is 2.24. The molecule has 0 spiro atoms. The molecule has 0 aromatic heterocycles. The van der Waals surface area contributed by atoms with E-state index in [0.29, 0.717) is 0 Å². The molecule has 1 aliphatic rings. The first-order valence-corrected chi connectivity index (χ1v) is 4.80. The lowest BCUT2D eigenvalue weighted by molar-refractivity contribution is 0.350. The van der Waals surface area contributed by atoms with Gasteiger partial charge in [0.25, 0.3) is 0 Å². The molecule has 2 N–H and O–H groups in total. The molecule has 0 saturated carbocycles. The fraction of sp³-hybridized carbons (Fsp3) is 0.500. The second-order valence-corrected chi connectivity index (χ2v) is 3.08. The van der Waals surface area contributed by atoms with Crippen molar-refractivity contribution in [1.82, 2.24) is 0 Å². The Morgan fingerprint density at radius 2 is 1.29 bits per heavy atom. The number of aliphatic hydroxyl groups is 2. The van der Waals surface area contributed by atoms with Gasteiger partial charge in [-0.25, -0.2) is 0 Å². The van der Waals surface area contributed by atoms with Crippen LogP contribution in [0.5, 0.6) is 0 Å². The second kappa shape index (κ2) is 6.27. The summed E-state index contributed by atoms with van der Waals surface area (Å²) in [6.07, 6.45) is 4.17. The van der Waals surface area contributed by atoms with Gasteiger partial charge in [-0.3, -0.25) is 0 Å². The van der Waals surface area contributed by atoms with Crippen LogP contribution in [0.2, 0.25) is 0 Å². The molecular formula is C12H14O2. The summed E-state index contributed by atoms with van der Waals surface area (Å²) < 4.78 is 0. The molecule has 1 rings (SSSR count). The maximum absolute atomic E-state index is 8.59. The van der Waals surface area contributed by atoms with Crippen molar-refractivity contribution < 1.29 is 10.2 Å². The van der Waals surface area contributed by atoms with Gasteiger partial charge in [-0.1, -0.05) is 23.7 Å². The van der Waals surface area contributed by atoms with E-state index in [1.807, 2.05) is 0 Å². The summed E-state index contributed by atoms with van der Waals surface area (Å²) in [6, 6.07) is 0. The summed E-state index contributed by atoms with van der Waals surface area (Å²) >= 11 is 0. The fourth-order valence-electron chi connectivity index (χ4n) is 1.47. The predicted molar refractivity (Wildman–Crippen MR) is 55.2 cm³/mol. The number of allylic oxidation sites excluding steroid dienone is 2. The molecule has 2 nitrogen and oxygen atoms in total. The third-order valence-electron chi connectivity index (χ3n) is 2.10. The van der Waals surface area contributed by atoms with Gasteiger partial charge in [0.05, 0.1) is 0 Å². The predicted octanol–water partition coefficient (Wildman–Crippen LogP) is 0.848. The SMILES string of the molecule is OCC#CC1=C(C#CCO)CCCC1. The number of hydrogen-bond donors (Lipinski definition) is 2. The van der Waals surface area contributed by atoms with Crippen LogP contribution in [0.1, 0.15) is 25.7 Å². The summed E-state index contributed by atoms with van der Waals surface area (Å²) in [6.45, 7) is -0.214. The van der Waals surface area contributed by atoms with Crippen LogP contribution in [0.3, 0.4) is 0 Å². The first-order valence-electron chi connectivity index (χ1n) is 4.80. The minimum atomic E-state index is -0.107. The molecule has 0 amide bonds. The van der Waals surface area contributed by atoms with E-state index in [1.54, 1.807) is 0 Å². The normalized spacial score (nSPS) is 15.3. The lowest BCUT2D eigenvalue weighted by Crippen LogP contribution is -1.97. The van der Waals surface area contributed by atoms with Gasteiger partial charge in [0, 0.05) is 11.1 Å². The van der Waals surface area contributed by atoms with Crippen molar-refractivity contribution in [3.8, 4) is 23.7 Å². The summed E-state index contributed by atoms with van der Waals surface area (Å²) in [5.41, 5.74) is 2.07. The van der Waals surface area contributed by atoms with Crippen LogP contribution in [0, 0.1) is 23.7 Å². The molecular weight excluding hydrogens is 176 g/mol. The van der Waals surface area contributed by atoms with E-state index >= 15 is 0 Å². The Kier molecular flexibility index (Phi) is 4.86. The largest absolute Gasteiger partial charge is 0.384 e. The minimum absolute atomic E-state index is 0.107. The monoisotopic (exact) mass is 190 g/mol. The summed E-state index contributed by atoms with van der Waals surface area (Å²) in [5, 5.41) is 17.2. The van der Waals surface area contributed by atoms with Crippen LogP contribution in [0.25, 0.3) is 0 Å². The Morgan fingerprint density at radius 3 is 1.64 bits per heavy atom. The van der Waals surface area contributed by atoms with Gasteiger partial charge in [-0.15, -0.1) is 0 Å². The molecule has 0 saturated heterocycles. The van der Waals surface area contributed by atoms with Crippen LogP contribution < -0.4 is 0 Å². The molecule has 0 aliphatic heterocycles. The van der Waals surface area contributed by atoms with Gasteiger partial charge < -0.3 is 10.2 Å². The molecule has 0 heterocycles. The fourth-order valence-corrected chi connectivity index (χ4v) is 1.47. The molecule has 2 heteroatoms. The molecule has 1 aliphatic carbocycles. The van der Waals surface area contributed by atoms with Crippen LogP contribution >= 0.6 is 0 Å². The van der Waals surface area contributed by atoms with Crippen LogP contribution in [0.15, 0.2) is 11.1 Å². The smallest absolute Gasteiger partial charge is 0.104 e. The topological polar surface area (TPSA) is 40.5 Å². The Morgan fingerprint density at radius 1 is 0.857 bits per heavy atom. The Bertz CT molecular complexity index is 297. The third kappa shape index (κ3) is 3.26. The Hall–Kier alpha value is -1.22. The molecule has 0 bridgehead atoms. The Labute approximate surface area is 84.6 Å². The third-order valence-corrected chi connectivity index (χ3v) is 2.10. The van der Waals surface area contributed by atoms with Gasteiger partial charge >= 0.3 is 0 Å². The second-order valence-electron chi connectivity index (χ2n) is 3.08. The van der Waals surface area contributed by atoms with E-state index in [4.69, 9.17) is 10.2 Å². The lowest BCUT2D eigenvalue weighted by Gasteiger charge is -2.11. The molecule has 0 aromatic rings. The highest BCUT2D eigenvalue weighted by Gasteiger charge is 2.08. The summed E-state index contributed by atoms with van der Waals surface area (Å²) in [4.78, 5) is 0. The maximum atomic E-state index is 8.59. The molecule has 0 radical (unpaired) electrons. The van der Waals surface area contributed by atoms with Gasteiger partial charge in [-0.05, 0) is 25.7 Å². The highest BCUT2D eigenvalue weighted by atomic mass is 16.3. The van der Waals surface area contributed by atoms with E-state index in [-0.39, 0.29) is 13.2 Å². The molecule has 0 atom stereocenters. The molecule has 14 heavy (non-hydrogen) atoms. The molecule has 0 fully saturated rings. The van der Waals surface area contributed by atoms with E-state index in [1.165, 1.54) is 0 Å². The maximum Gasteiger partial charge on any atom is 0.104 e. The van der Waals surface area contributed by atoms with Crippen LogP contribution in [-0.2, 0) is 0 Å². The van der Waals surface area contributed by atoms with Gasteiger partial charge in [-0.2, -0.15) is 0 Å². The zero-order valence-corrected chi connectivity index (χ0v) is 8.14. The minimum Gasteiger partial charge on any atom is -0.384 e. The average molecular weight is 190 g/mol.